The Morgan fingerprint density at radius 2 is 2.00 bits per heavy atom. The highest BCUT2D eigenvalue weighted by Gasteiger charge is 2.21. The number of pyridine rings is 1. The molecule has 3 nitrogen and oxygen atoms in total. The van der Waals surface area contributed by atoms with Crippen molar-refractivity contribution >= 4 is 15.9 Å². The first kappa shape index (κ1) is 13.5. The zero-order valence-electron chi connectivity index (χ0n) is 10.1. The van der Waals surface area contributed by atoms with Crippen LogP contribution in [0.25, 0.3) is 0 Å². The van der Waals surface area contributed by atoms with Gasteiger partial charge in [-0.15, -0.1) is 0 Å². The summed E-state index contributed by atoms with van der Waals surface area (Å²) < 4.78 is 6.62. The molecule has 0 saturated heterocycles. The molecule has 90 valence electrons. The van der Waals surface area contributed by atoms with Crippen LogP contribution in [0.5, 0.6) is 5.88 Å². The lowest BCUT2D eigenvalue weighted by molar-refractivity contribution is 0.200. The molecule has 1 rings (SSSR count). The smallest absolute Gasteiger partial charge is 0.213 e. The maximum absolute atomic E-state index is 6.15. The van der Waals surface area contributed by atoms with Gasteiger partial charge in [-0.3, -0.25) is 0 Å². The van der Waals surface area contributed by atoms with Crippen molar-refractivity contribution in [1.29, 1.82) is 0 Å². The van der Waals surface area contributed by atoms with Gasteiger partial charge in [-0.1, -0.05) is 13.8 Å². The molecule has 0 aliphatic heterocycles. The van der Waals surface area contributed by atoms with Crippen LogP contribution >= 0.6 is 15.9 Å². The number of hydrogen-bond donors (Lipinski definition) is 1. The zero-order valence-corrected chi connectivity index (χ0v) is 11.7. The monoisotopic (exact) mass is 286 g/mol. The third kappa shape index (κ3) is 3.46. The third-order valence-corrected chi connectivity index (χ3v) is 3.75. The molecule has 0 aliphatic carbocycles. The molecule has 0 amide bonds. The van der Waals surface area contributed by atoms with E-state index in [1.165, 1.54) is 0 Å². The lowest BCUT2D eigenvalue weighted by Gasteiger charge is -2.26. The Hall–Kier alpha value is -0.610. The molecule has 1 aromatic heterocycles. The van der Waals surface area contributed by atoms with E-state index in [2.05, 4.69) is 34.8 Å². The van der Waals surface area contributed by atoms with E-state index < -0.39 is 0 Å². The molecular weight excluding hydrogens is 268 g/mol. The van der Waals surface area contributed by atoms with E-state index in [1.807, 2.05) is 19.1 Å². The van der Waals surface area contributed by atoms with Crippen LogP contribution in [0.4, 0.5) is 0 Å². The van der Waals surface area contributed by atoms with Gasteiger partial charge in [0.15, 0.2) is 0 Å². The summed E-state index contributed by atoms with van der Waals surface area (Å²) in [5.74, 6) is 0.637. The standard InChI is InChI=1S/C12H19BrN2O/c1-4-12(14,5-2)8-16-11-7-6-10(13)9(3)15-11/h6-7H,4-5,8,14H2,1-3H3. The number of nitrogens with two attached hydrogens (primary N) is 1. The molecule has 0 atom stereocenters. The van der Waals surface area contributed by atoms with Crippen LogP contribution in [0.2, 0.25) is 0 Å². The van der Waals surface area contributed by atoms with Crippen LogP contribution in [0.1, 0.15) is 32.4 Å². The third-order valence-electron chi connectivity index (χ3n) is 2.91. The summed E-state index contributed by atoms with van der Waals surface area (Å²) in [6, 6.07) is 3.79. The van der Waals surface area contributed by atoms with Gasteiger partial charge in [0.2, 0.25) is 5.88 Å². The molecular formula is C12H19BrN2O. The topological polar surface area (TPSA) is 48.1 Å². The minimum Gasteiger partial charge on any atom is -0.476 e. The predicted octanol–water partition coefficient (Wildman–Crippen LogP) is 3.05. The molecule has 4 heteroatoms. The summed E-state index contributed by atoms with van der Waals surface area (Å²) in [5.41, 5.74) is 6.83. The maximum atomic E-state index is 6.15. The Labute approximate surface area is 106 Å². The van der Waals surface area contributed by atoms with E-state index in [-0.39, 0.29) is 5.54 Å². The van der Waals surface area contributed by atoms with Crippen molar-refractivity contribution in [1.82, 2.24) is 4.98 Å². The summed E-state index contributed by atoms with van der Waals surface area (Å²) in [7, 11) is 0. The van der Waals surface area contributed by atoms with Gasteiger partial charge in [0.25, 0.3) is 0 Å². The molecule has 0 aliphatic rings. The quantitative estimate of drug-likeness (QED) is 0.905. The highest BCUT2D eigenvalue weighted by molar-refractivity contribution is 9.10. The Balaban J connectivity index is 2.64. The molecule has 0 saturated carbocycles. The molecule has 0 radical (unpaired) electrons. The summed E-state index contributed by atoms with van der Waals surface area (Å²) in [6.07, 6.45) is 1.80. The van der Waals surface area contributed by atoms with Crippen LogP contribution in [0.15, 0.2) is 16.6 Å². The van der Waals surface area contributed by atoms with Crippen LogP contribution in [-0.4, -0.2) is 17.1 Å². The van der Waals surface area contributed by atoms with E-state index in [4.69, 9.17) is 10.5 Å². The van der Waals surface area contributed by atoms with Gasteiger partial charge in [0, 0.05) is 16.1 Å². The number of halogens is 1. The second-order valence-electron chi connectivity index (χ2n) is 4.07. The van der Waals surface area contributed by atoms with Gasteiger partial charge >= 0.3 is 0 Å². The summed E-state index contributed by atoms with van der Waals surface area (Å²) in [6.45, 7) is 6.60. The second-order valence-corrected chi connectivity index (χ2v) is 4.93. The fourth-order valence-electron chi connectivity index (χ4n) is 1.27. The molecule has 16 heavy (non-hydrogen) atoms. The van der Waals surface area contributed by atoms with Crippen molar-refractivity contribution in [2.75, 3.05) is 6.61 Å². The number of hydrogen-bond acceptors (Lipinski definition) is 3. The number of rotatable bonds is 5. The van der Waals surface area contributed by atoms with Gasteiger partial charge in [0.05, 0.1) is 5.69 Å². The average molecular weight is 287 g/mol. The first-order chi connectivity index (χ1) is 7.50. The van der Waals surface area contributed by atoms with Crippen molar-refractivity contribution in [3.05, 3.63) is 22.3 Å². The van der Waals surface area contributed by atoms with Crippen molar-refractivity contribution in [2.45, 2.75) is 39.2 Å². The van der Waals surface area contributed by atoms with E-state index >= 15 is 0 Å². The second kappa shape index (κ2) is 5.64. The van der Waals surface area contributed by atoms with Crippen LogP contribution in [-0.2, 0) is 0 Å². The van der Waals surface area contributed by atoms with E-state index in [1.54, 1.807) is 0 Å². The lowest BCUT2D eigenvalue weighted by atomic mass is 9.96. The van der Waals surface area contributed by atoms with Crippen LogP contribution in [0.3, 0.4) is 0 Å². The SMILES string of the molecule is CCC(N)(CC)COc1ccc(Br)c(C)n1. The lowest BCUT2D eigenvalue weighted by Crippen LogP contribution is -2.44. The molecule has 0 spiro atoms. The van der Waals surface area contributed by atoms with E-state index in [0.29, 0.717) is 12.5 Å². The van der Waals surface area contributed by atoms with Crippen molar-refractivity contribution in [3.63, 3.8) is 0 Å². The summed E-state index contributed by atoms with van der Waals surface area (Å²) >= 11 is 3.40. The largest absolute Gasteiger partial charge is 0.476 e. The Bertz CT molecular complexity index is 351. The molecule has 2 N–H and O–H groups in total. The van der Waals surface area contributed by atoms with Gasteiger partial charge in [-0.05, 0) is 41.8 Å². The number of aryl methyl sites for hydroxylation is 1. The fourth-order valence-corrected chi connectivity index (χ4v) is 1.49. The number of ether oxygens (including phenoxy) is 1. The predicted molar refractivity (Wildman–Crippen MR) is 69.7 cm³/mol. The highest BCUT2D eigenvalue weighted by atomic mass is 79.9. The van der Waals surface area contributed by atoms with Gasteiger partial charge in [0.1, 0.15) is 6.61 Å². The minimum absolute atomic E-state index is 0.247. The Morgan fingerprint density at radius 1 is 1.38 bits per heavy atom. The first-order valence-electron chi connectivity index (χ1n) is 5.55. The molecule has 0 fully saturated rings. The normalized spacial score (nSPS) is 11.6. The van der Waals surface area contributed by atoms with Crippen molar-refractivity contribution in [3.8, 4) is 5.88 Å². The van der Waals surface area contributed by atoms with Crippen LogP contribution in [0, 0.1) is 6.92 Å². The van der Waals surface area contributed by atoms with Gasteiger partial charge < -0.3 is 10.5 Å². The van der Waals surface area contributed by atoms with E-state index in [0.717, 1.165) is 23.0 Å². The molecule has 1 aromatic rings. The Kier molecular flexibility index (Phi) is 4.74. The Morgan fingerprint density at radius 3 is 2.50 bits per heavy atom. The van der Waals surface area contributed by atoms with Crippen molar-refractivity contribution < 1.29 is 4.74 Å². The molecule has 0 bridgehead atoms. The molecule has 1 heterocycles. The minimum atomic E-state index is -0.247. The van der Waals surface area contributed by atoms with Gasteiger partial charge in [-0.2, -0.15) is 0 Å². The number of nitrogens with zero attached hydrogens (tertiary/aromatic N) is 1. The van der Waals surface area contributed by atoms with E-state index in [9.17, 15) is 0 Å². The number of aromatic nitrogens is 1. The van der Waals surface area contributed by atoms with Crippen molar-refractivity contribution in [2.24, 2.45) is 5.73 Å². The molecule has 0 aromatic carbocycles. The average Bonchev–Trinajstić information content (AvgIpc) is 2.30. The zero-order chi connectivity index (χ0) is 12.2. The summed E-state index contributed by atoms with van der Waals surface area (Å²) in [4.78, 5) is 4.32. The fraction of sp³-hybridized carbons (Fsp3) is 0.583. The molecule has 0 unspecified atom stereocenters. The first-order valence-corrected chi connectivity index (χ1v) is 6.35. The maximum Gasteiger partial charge on any atom is 0.213 e. The highest BCUT2D eigenvalue weighted by Crippen LogP contribution is 2.19. The van der Waals surface area contributed by atoms with Crippen LogP contribution < -0.4 is 10.5 Å². The summed E-state index contributed by atoms with van der Waals surface area (Å²) in [5, 5.41) is 0. The van der Waals surface area contributed by atoms with Gasteiger partial charge in [-0.25, -0.2) is 4.98 Å².